The molecule has 3 heterocycles. The van der Waals surface area contributed by atoms with Crippen LogP contribution >= 0.6 is 36.4 Å². The molecule has 0 aromatic carbocycles. The minimum absolute atomic E-state index is 0. The van der Waals surface area contributed by atoms with E-state index in [0.29, 0.717) is 38.0 Å². The molecule has 6 rings (SSSR count). The topological polar surface area (TPSA) is 144 Å². The second-order valence-corrected chi connectivity index (χ2v) is 19.3. The fraction of sp³-hybridized carbons (Fsp3) is 0.891. The van der Waals surface area contributed by atoms with Crippen molar-refractivity contribution in [1.29, 1.82) is 0 Å². The van der Waals surface area contributed by atoms with Gasteiger partial charge in [0.25, 0.3) is 0 Å². The highest BCUT2D eigenvalue weighted by Gasteiger charge is 2.32. The Morgan fingerprint density at radius 2 is 0.762 bits per heavy atom. The summed E-state index contributed by atoms with van der Waals surface area (Å²) >= 11 is 5.25. The monoisotopic (exact) mass is 956 g/mol. The largest absolute Gasteiger partial charge is 0.444 e. The second-order valence-electron chi connectivity index (χ2n) is 19.0. The fourth-order valence-corrected chi connectivity index (χ4v) is 8.40. The third-order valence-corrected chi connectivity index (χ3v) is 12.2. The van der Waals surface area contributed by atoms with Crippen LogP contribution in [0.4, 0.5) is 9.59 Å². The van der Waals surface area contributed by atoms with Crippen LogP contribution in [0.3, 0.4) is 0 Å². The summed E-state index contributed by atoms with van der Waals surface area (Å²) in [5.41, 5.74) is -0.851. The highest BCUT2D eigenvalue weighted by Crippen LogP contribution is 2.28. The normalized spacial score (nSPS) is 19.6. The summed E-state index contributed by atoms with van der Waals surface area (Å²) in [5.74, 6) is 1.48. The third kappa shape index (κ3) is 25.4. The van der Waals surface area contributed by atoms with Gasteiger partial charge in [0.05, 0.1) is 0 Å². The molecular formula is C46H88Cl3N7O7. The van der Waals surface area contributed by atoms with Gasteiger partial charge in [0.15, 0.2) is 0 Å². The van der Waals surface area contributed by atoms with E-state index < -0.39 is 5.60 Å². The first-order valence-corrected chi connectivity index (χ1v) is 24.1. The minimum atomic E-state index is -0.464. The lowest BCUT2D eigenvalue weighted by Crippen LogP contribution is -2.52. The summed E-state index contributed by atoms with van der Waals surface area (Å²) in [5, 5.41) is 6.31. The molecule has 0 spiro atoms. The molecule has 3 saturated heterocycles. The summed E-state index contributed by atoms with van der Waals surface area (Å²) in [7, 11) is 0. The first-order chi connectivity index (χ1) is 28.9. The van der Waals surface area contributed by atoms with Crippen LogP contribution in [0.25, 0.3) is 0 Å². The van der Waals surface area contributed by atoms with Crippen molar-refractivity contribution in [2.75, 3.05) is 98.2 Å². The number of halogens is 3. The summed E-state index contributed by atoms with van der Waals surface area (Å²) in [6.45, 7) is 30.8. The predicted molar refractivity (Wildman–Crippen MR) is 259 cm³/mol. The van der Waals surface area contributed by atoms with Crippen LogP contribution < -0.4 is 10.6 Å². The Kier molecular flexibility index (Phi) is 31.5. The molecule has 6 aliphatic rings. The zero-order valence-electron chi connectivity index (χ0n) is 40.6. The number of rotatable bonds is 6. The summed E-state index contributed by atoms with van der Waals surface area (Å²) in [4.78, 5) is 67.8. The van der Waals surface area contributed by atoms with Gasteiger partial charge in [-0.15, -0.1) is 24.8 Å². The number of hydrogen-bond donors (Lipinski definition) is 2. The number of nitrogens with one attached hydrogen (secondary N) is 2. The maximum atomic E-state index is 12.3. The van der Waals surface area contributed by atoms with Crippen LogP contribution in [0.15, 0.2) is 0 Å². The Labute approximate surface area is 399 Å². The zero-order valence-corrected chi connectivity index (χ0v) is 43.0. The molecule has 3 aliphatic carbocycles. The van der Waals surface area contributed by atoms with E-state index in [0.717, 1.165) is 90.9 Å². The van der Waals surface area contributed by atoms with E-state index in [1.807, 2.05) is 51.3 Å². The van der Waals surface area contributed by atoms with Crippen LogP contribution in [0.1, 0.15) is 139 Å². The minimum Gasteiger partial charge on any atom is -0.444 e. The average Bonchev–Trinajstić information content (AvgIpc) is 4.07. The Morgan fingerprint density at radius 3 is 1.03 bits per heavy atom. The Hall–Kier alpha value is -2.10. The summed E-state index contributed by atoms with van der Waals surface area (Å²) < 4.78 is 10.6. The molecule has 63 heavy (non-hydrogen) atoms. The van der Waals surface area contributed by atoms with Crippen molar-refractivity contribution >= 4 is 65.7 Å². The molecule has 0 aromatic heterocycles. The van der Waals surface area contributed by atoms with E-state index >= 15 is 0 Å². The molecule has 3 saturated carbocycles. The van der Waals surface area contributed by atoms with Crippen LogP contribution in [0.2, 0.25) is 0 Å². The number of ether oxygens (including phenoxy) is 2. The highest BCUT2D eigenvalue weighted by molar-refractivity contribution is 6.64. The Balaban J connectivity index is 0.000000794. The number of piperazine rings is 3. The van der Waals surface area contributed by atoms with Gasteiger partial charge in [0.1, 0.15) is 11.2 Å². The van der Waals surface area contributed by atoms with Crippen LogP contribution in [-0.2, 0) is 23.9 Å². The van der Waals surface area contributed by atoms with Gasteiger partial charge in [0.2, 0.25) is 17.1 Å². The van der Waals surface area contributed by atoms with Crippen LogP contribution in [0, 0.1) is 17.8 Å². The highest BCUT2D eigenvalue weighted by atomic mass is 35.5. The SMILES string of the molecule is CC(C)(C)OC(=O)N1CCN(C(=O)C2CCCC2)CC1.CC(C)(C)OC(=O)N1CCNCC1.CCN(CC)CC.Cl.Cl.O=C(C1CCCC1)N1CCNCC1.O=C(Cl)C1CCCC1. The molecule has 3 aliphatic heterocycles. The lowest BCUT2D eigenvalue weighted by molar-refractivity contribution is -0.137. The van der Waals surface area contributed by atoms with Gasteiger partial charge >= 0.3 is 12.2 Å². The van der Waals surface area contributed by atoms with Gasteiger partial charge in [-0.2, -0.15) is 0 Å². The molecular weight excluding hydrogens is 869 g/mol. The van der Waals surface area contributed by atoms with Crippen molar-refractivity contribution in [3.8, 4) is 0 Å². The molecule has 14 nitrogen and oxygen atoms in total. The number of carbonyl (C=O) groups excluding carboxylic acids is 5. The number of amides is 4. The van der Waals surface area contributed by atoms with Crippen molar-refractivity contribution < 1.29 is 33.4 Å². The van der Waals surface area contributed by atoms with Crippen molar-refractivity contribution in [2.24, 2.45) is 17.8 Å². The van der Waals surface area contributed by atoms with E-state index in [2.05, 4.69) is 36.3 Å². The predicted octanol–water partition coefficient (Wildman–Crippen LogP) is 7.82. The molecule has 0 aromatic rings. The quantitative estimate of drug-likeness (QED) is 0.253. The van der Waals surface area contributed by atoms with Crippen molar-refractivity contribution in [1.82, 2.24) is 35.1 Å². The summed E-state index contributed by atoms with van der Waals surface area (Å²) in [6, 6.07) is 0. The van der Waals surface area contributed by atoms with E-state index in [1.54, 1.807) is 9.80 Å². The molecule has 0 radical (unpaired) electrons. The molecule has 6 fully saturated rings. The molecule has 4 amide bonds. The van der Waals surface area contributed by atoms with Crippen molar-refractivity contribution in [3.05, 3.63) is 0 Å². The Bertz CT molecular complexity index is 1270. The molecule has 0 bridgehead atoms. The average molecular weight is 958 g/mol. The van der Waals surface area contributed by atoms with Gasteiger partial charge in [0, 0.05) is 96.3 Å². The number of hydrogen-bond acceptors (Lipinski definition) is 10. The standard InChI is InChI=1S/C15H26N2O3.C10H18N2O.C9H18N2O2.C6H9ClO.C6H15N.2ClH/c1-15(2,3)20-14(19)17-10-8-16(9-11-17)13(18)12-6-4-5-7-12;13-10(9-3-1-2-4-9)12-7-5-11-6-8-12;1-9(2,3)13-8(12)11-6-4-10-5-7-11;7-6(8)5-3-1-2-4-5;1-4-7(5-2)6-3;;/h12H,4-11H2,1-3H3;9,11H,1-8H2;10H,4-7H2,1-3H3;5H,1-4H2;4-6H2,1-3H3;2*1H. The Morgan fingerprint density at radius 1 is 0.492 bits per heavy atom. The lowest BCUT2D eigenvalue weighted by atomic mass is 10.1. The van der Waals surface area contributed by atoms with Crippen LogP contribution in [0.5, 0.6) is 0 Å². The van der Waals surface area contributed by atoms with E-state index in [9.17, 15) is 24.0 Å². The maximum absolute atomic E-state index is 12.3. The van der Waals surface area contributed by atoms with Crippen molar-refractivity contribution in [3.63, 3.8) is 0 Å². The van der Waals surface area contributed by atoms with E-state index in [1.165, 1.54) is 58.2 Å². The van der Waals surface area contributed by atoms with E-state index in [4.69, 9.17) is 21.1 Å². The van der Waals surface area contributed by atoms with Gasteiger partial charge in [-0.3, -0.25) is 14.4 Å². The maximum Gasteiger partial charge on any atom is 0.410 e. The zero-order chi connectivity index (χ0) is 45.4. The third-order valence-electron chi connectivity index (χ3n) is 11.9. The molecule has 2 N–H and O–H groups in total. The molecule has 17 heteroatoms. The second kappa shape index (κ2) is 32.6. The number of nitrogens with zero attached hydrogens (tertiary/aromatic N) is 5. The molecule has 0 unspecified atom stereocenters. The van der Waals surface area contributed by atoms with Gasteiger partial charge in [-0.1, -0.05) is 59.3 Å². The van der Waals surface area contributed by atoms with Crippen molar-refractivity contribution in [2.45, 2.75) is 151 Å². The van der Waals surface area contributed by atoms with E-state index in [-0.39, 0.29) is 65.6 Å². The number of carbonyl (C=O) groups is 5. The lowest BCUT2D eigenvalue weighted by Gasteiger charge is -2.36. The summed E-state index contributed by atoms with van der Waals surface area (Å²) in [6.07, 6.45) is 13.1. The van der Waals surface area contributed by atoms with Crippen LogP contribution in [-0.4, -0.2) is 163 Å². The fourth-order valence-electron chi connectivity index (χ4n) is 8.18. The first-order valence-electron chi connectivity index (χ1n) is 23.8. The smallest absolute Gasteiger partial charge is 0.410 e. The van der Waals surface area contributed by atoms with Gasteiger partial charge < -0.3 is 44.6 Å². The molecule has 370 valence electrons. The van der Waals surface area contributed by atoms with Gasteiger partial charge in [-0.25, -0.2) is 9.59 Å². The van der Waals surface area contributed by atoms with Gasteiger partial charge in [-0.05, 0) is 111 Å². The molecule has 0 atom stereocenters. The first kappa shape index (κ1) is 60.9.